The molecule has 0 radical (unpaired) electrons. The molecule has 1 aromatic carbocycles. The van der Waals surface area contributed by atoms with E-state index in [0.29, 0.717) is 11.4 Å². The minimum atomic E-state index is -0.838. The van der Waals surface area contributed by atoms with Gasteiger partial charge in [-0.25, -0.2) is 4.79 Å². The van der Waals surface area contributed by atoms with Crippen LogP contribution in [0.15, 0.2) is 24.3 Å². The number of nitrogens with one attached hydrogen (secondary N) is 1. The van der Waals surface area contributed by atoms with Crippen molar-refractivity contribution in [3.8, 4) is 0 Å². The lowest BCUT2D eigenvalue weighted by atomic mass is 9.88. The molecule has 0 fully saturated rings. The third-order valence-corrected chi connectivity index (χ3v) is 2.55. The molecule has 0 aliphatic heterocycles. The van der Waals surface area contributed by atoms with Crippen LogP contribution in [-0.4, -0.2) is 17.1 Å². The highest BCUT2D eigenvalue weighted by Gasteiger charge is 2.24. The molecule has 94 valence electrons. The van der Waals surface area contributed by atoms with Crippen molar-refractivity contribution in [1.29, 1.82) is 0 Å². The lowest BCUT2D eigenvalue weighted by Crippen LogP contribution is -2.33. The van der Waals surface area contributed by atoms with Crippen LogP contribution in [0.5, 0.6) is 0 Å². The Hall–Kier alpha value is -1.22. The summed E-state index contributed by atoms with van der Waals surface area (Å²) in [5, 5.41) is 12.8. The van der Waals surface area contributed by atoms with Gasteiger partial charge in [0, 0.05) is 10.7 Å². The van der Waals surface area contributed by atoms with Gasteiger partial charge in [-0.15, -0.1) is 0 Å². The Morgan fingerprint density at radius 3 is 2.29 bits per heavy atom. The third kappa shape index (κ3) is 5.09. The van der Waals surface area contributed by atoms with Crippen LogP contribution >= 0.6 is 11.6 Å². The fourth-order valence-corrected chi connectivity index (χ4v) is 1.69. The number of carboxylic acids is 1. The van der Waals surface area contributed by atoms with Crippen molar-refractivity contribution in [2.24, 2.45) is 5.41 Å². The maximum absolute atomic E-state index is 11.2. The van der Waals surface area contributed by atoms with Crippen LogP contribution < -0.4 is 5.32 Å². The molecular formula is C13H18ClNO2. The Morgan fingerprint density at radius 1 is 1.35 bits per heavy atom. The molecule has 1 aromatic rings. The number of benzene rings is 1. The van der Waals surface area contributed by atoms with E-state index < -0.39 is 12.0 Å². The molecule has 2 N–H and O–H groups in total. The summed E-state index contributed by atoms with van der Waals surface area (Å²) in [5.74, 6) is -0.838. The molecule has 0 saturated carbocycles. The van der Waals surface area contributed by atoms with E-state index in [1.165, 1.54) is 0 Å². The van der Waals surface area contributed by atoms with Gasteiger partial charge < -0.3 is 10.4 Å². The van der Waals surface area contributed by atoms with Crippen LogP contribution in [0, 0.1) is 5.41 Å². The van der Waals surface area contributed by atoms with Crippen molar-refractivity contribution in [3.05, 3.63) is 29.3 Å². The van der Waals surface area contributed by atoms with E-state index >= 15 is 0 Å². The molecule has 1 atom stereocenters. The highest BCUT2D eigenvalue weighted by atomic mass is 35.5. The third-order valence-electron chi connectivity index (χ3n) is 2.30. The summed E-state index contributed by atoms with van der Waals surface area (Å²) in [5.41, 5.74) is 0.730. The van der Waals surface area contributed by atoms with E-state index in [0.717, 1.165) is 5.69 Å². The smallest absolute Gasteiger partial charge is 0.326 e. The Kier molecular flexibility index (Phi) is 4.40. The minimum absolute atomic E-state index is 0.0392. The average molecular weight is 256 g/mol. The summed E-state index contributed by atoms with van der Waals surface area (Å²) >= 11 is 5.77. The minimum Gasteiger partial charge on any atom is -0.480 e. The molecule has 1 rings (SSSR count). The summed E-state index contributed by atoms with van der Waals surface area (Å²) < 4.78 is 0. The molecule has 0 saturated heterocycles. The standard InChI is InChI=1S/C13H18ClNO2/c1-13(2,3)8-11(12(16)17)15-10-6-4-9(14)5-7-10/h4-7,11,15H,8H2,1-3H3,(H,16,17). The van der Waals surface area contributed by atoms with E-state index in [4.69, 9.17) is 16.7 Å². The Bertz CT molecular complexity index is 381. The first-order valence-corrected chi connectivity index (χ1v) is 5.91. The van der Waals surface area contributed by atoms with Gasteiger partial charge >= 0.3 is 5.97 Å². The first-order valence-electron chi connectivity index (χ1n) is 5.53. The van der Waals surface area contributed by atoms with Gasteiger partial charge in [0.15, 0.2) is 0 Å². The van der Waals surface area contributed by atoms with Gasteiger partial charge in [0.05, 0.1) is 0 Å². The highest BCUT2D eigenvalue weighted by molar-refractivity contribution is 6.30. The molecule has 0 aromatic heterocycles. The van der Waals surface area contributed by atoms with E-state index in [9.17, 15) is 4.79 Å². The number of carbonyl (C=O) groups is 1. The molecule has 4 heteroatoms. The molecular weight excluding hydrogens is 238 g/mol. The van der Waals surface area contributed by atoms with Gasteiger partial charge in [0.25, 0.3) is 0 Å². The average Bonchev–Trinajstić information content (AvgIpc) is 2.18. The number of rotatable bonds is 4. The van der Waals surface area contributed by atoms with Crippen molar-refractivity contribution < 1.29 is 9.90 Å². The lowest BCUT2D eigenvalue weighted by molar-refractivity contribution is -0.138. The van der Waals surface area contributed by atoms with Crippen LogP contribution in [0.25, 0.3) is 0 Å². The van der Waals surface area contributed by atoms with Gasteiger partial charge in [0.2, 0.25) is 0 Å². The Labute approximate surface area is 107 Å². The fourth-order valence-electron chi connectivity index (χ4n) is 1.56. The number of hydrogen-bond donors (Lipinski definition) is 2. The highest BCUT2D eigenvalue weighted by Crippen LogP contribution is 2.23. The first kappa shape index (κ1) is 13.8. The SMILES string of the molecule is CC(C)(C)CC(Nc1ccc(Cl)cc1)C(=O)O. The topological polar surface area (TPSA) is 49.3 Å². The summed E-state index contributed by atoms with van der Waals surface area (Å²) in [6, 6.07) is 6.44. The Balaban J connectivity index is 2.73. The largest absolute Gasteiger partial charge is 0.480 e. The van der Waals surface area contributed by atoms with Crippen molar-refractivity contribution in [3.63, 3.8) is 0 Å². The first-order chi connectivity index (χ1) is 7.78. The number of carboxylic acid groups (broad SMARTS) is 1. The molecule has 0 bridgehead atoms. The lowest BCUT2D eigenvalue weighted by Gasteiger charge is -2.24. The molecule has 1 unspecified atom stereocenters. The zero-order valence-corrected chi connectivity index (χ0v) is 11.1. The second kappa shape index (κ2) is 5.41. The van der Waals surface area contributed by atoms with Gasteiger partial charge in [-0.3, -0.25) is 0 Å². The number of aliphatic carboxylic acids is 1. The van der Waals surface area contributed by atoms with Crippen LogP contribution in [0.4, 0.5) is 5.69 Å². The summed E-state index contributed by atoms with van der Waals surface area (Å²) in [4.78, 5) is 11.2. The molecule has 17 heavy (non-hydrogen) atoms. The fraction of sp³-hybridized carbons (Fsp3) is 0.462. The number of anilines is 1. The predicted octanol–water partition coefficient (Wildman–Crippen LogP) is 3.64. The quantitative estimate of drug-likeness (QED) is 0.864. The van der Waals surface area contributed by atoms with Gasteiger partial charge in [-0.05, 0) is 36.1 Å². The molecule has 0 aliphatic carbocycles. The van der Waals surface area contributed by atoms with Crippen LogP contribution in [0.1, 0.15) is 27.2 Å². The monoisotopic (exact) mass is 255 g/mol. The van der Waals surface area contributed by atoms with Crippen molar-refractivity contribution in [2.45, 2.75) is 33.2 Å². The molecule has 0 spiro atoms. The Morgan fingerprint density at radius 2 is 1.88 bits per heavy atom. The van der Waals surface area contributed by atoms with Crippen molar-refractivity contribution in [2.75, 3.05) is 5.32 Å². The van der Waals surface area contributed by atoms with E-state index in [1.807, 2.05) is 20.8 Å². The predicted molar refractivity (Wildman–Crippen MR) is 70.6 cm³/mol. The summed E-state index contributed by atoms with van der Waals surface area (Å²) in [7, 11) is 0. The van der Waals surface area contributed by atoms with E-state index in [2.05, 4.69) is 5.32 Å². The van der Waals surface area contributed by atoms with Crippen molar-refractivity contribution >= 4 is 23.3 Å². The van der Waals surface area contributed by atoms with Gasteiger partial charge in [-0.1, -0.05) is 32.4 Å². The van der Waals surface area contributed by atoms with Crippen LogP contribution in [-0.2, 0) is 4.79 Å². The number of halogens is 1. The maximum Gasteiger partial charge on any atom is 0.326 e. The second-order valence-electron chi connectivity index (χ2n) is 5.31. The van der Waals surface area contributed by atoms with E-state index in [1.54, 1.807) is 24.3 Å². The van der Waals surface area contributed by atoms with E-state index in [-0.39, 0.29) is 5.41 Å². The zero-order valence-electron chi connectivity index (χ0n) is 10.3. The molecule has 0 heterocycles. The van der Waals surface area contributed by atoms with Gasteiger partial charge in [0.1, 0.15) is 6.04 Å². The normalized spacial score (nSPS) is 13.2. The second-order valence-corrected chi connectivity index (χ2v) is 5.74. The summed E-state index contributed by atoms with van der Waals surface area (Å²) in [6.45, 7) is 6.06. The van der Waals surface area contributed by atoms with Gasteiger partial charge in [-0.2, -0.15) is 0 Å². The molecule has 3 nitrogen and oxygen atoms in total. The molecule has 0 amide bonds. The zero-order chi connectivity index (χ0) is 13.1. The van der Waals surface area contributed by atoms with Crippen LogP contribution in [0.2, 0.25) is 5.02 Å². The molecule has 0 aliphatic rings. The van der Waals surface area contributed by atoms with Crippen LogP contribution in [0.3, 0.4) is 0 Å². The number of hydrogen-bond acceptors (Lipinski definition) is 2. The maximum atomic E-state index is 11.2. The summed E-state index contributed by atoms with van der Waals surface area (Å²) in [6.07, 6.45) is 0.560. The van der Waals surface area contributed by atoms with Crippen molar-refractivity contribution in [1.82, 2.24) is 0 Å².